The Morgan fingerprint density at radius 1 is 1.40 bits per heavy atom. The number of likely N-dealkylation sites (N-methyl/N-ethyl adjacent to an activating group) is 1. The third kappa shape index (κ3) is 2.54. The first-order chi connectivity index (χ1) is 9.56. The van der Waals surface area contributed by atoms with Gasteiger partial charge in [-0.1, -0.05) is 30.7 Å². The quantitative estimate of drug-likeness (QED) is 0.780. The molecule has 1 aliphatic rings. The molecule has 1 aliphatic heterocycles. The Bertz CT molecular complexity index is 662. The van der Waals surface area contributed by atoms with E-state index in [1.807, 2.05) is 12.1 Å². The van der Waals surface area contributed by atoms with E-state index in [-0.39, 0.29) is 0 Å². The normalized spacial score (nSPS) is 23.6. The molecule has 0 amide bonds. The fraction of sp³-hybridized carbons (Fsp3) is 0.375. The third-order valence-electron chi connectivity index (χ3n) is 4.05. The average Bonchev–Trinajstić information content (AvgIpc) is 2.81. The smallest absolute Gasteiger partial charge is 0.0555 e. The molecule has 1 N–H and O–H groups in total. The van der Waals surface area contributed by atoms with E-state index in [1.54, 1.807) is 0 Å². The summed E-state index contributed by atoms with van der Waals surface area (Å²) in [5.74, 6) is 0.639. The highest BCUT2D eigenvalue weighted by atomic mass is 79.9. The van der Waals surface area contributed by atoms with Crippen LogP contribution in [0.2, 0.25) is 5.02 Å². The van der Waals surface area contributed by atoms with Crippen molar-refractivity contribution in [1.29, 1.82) is 0 Å². The van der Waals surface area contributed by atoms with Gasteiger partial charge in [0.1, 0.15) is 0 Å². The van der Waals surface area contributed by atoms with Crippen molar-refractivity contribution in [2.24, 2.45) is 5.92 Å². The summed E-state index contributed by atoms with van der Waals surface area (Å²) in [5.41, 5.74) is 2.44. The van der Waals surface area contributed by atoms with Crippen LogP contribution in [0.4, 0.5) is 0 Å². The molecule has 0 spiro atoms. The van der Waals surface area contributed by atoms with Crippen LogP contribution in [0.5, 0.6) is 0 Å². The molecule has 3 rings (SSSR count). The first-order valence-electron chi connectivity index (χ1n) is 6.89. The van der Waals surface area contributed by atoms with Crippen molar-refractivity contribution in [2.75, 3.05) is 13.6 Å². The molecular weight excluding hydrogens is 336 g/mol. The Kier molecular flexibility index (Phi) is 3.93. The van der Waals surface area contributed by atoms with Crippen molar-refractivity contribution < 1.29 is 0 Å². The Morgan fingerprint density at radius 3 is 2.95 bits per heavy atom. The molecule has 0 unspecified atom stereocenters. The molecule has 20 heavy (non-hydrogen) atoms. The van der Waals surface area contributed by atoms with Gasteiger partial charge in [0.2, 0.25) is 0 Å². The number of nitrogens with zero attached hydrogens (tertiary/aromatic N) is 1. The maximum atomic E-state index is 6.22. The molecule has 2 heterocycles. The maximum Gasteiger partial charge on any atom is 0.0555 e. The molecule has 0 saturated carbocycles. The molecule has 2 nitrogen and oxygen atoms in total. The van der Waals surface area contributed by atoms with Crippen LogP contribution in [0.15, 0.2) is 35.0 Å². The highest BCUT2D eigenvalue weighted by molar-refractivity contribution is 9.10. The summed E-state index contributed by atoms with van der Waals surface area (Å²) < 4.78 is 0.990. The molecule has 0 saturated heterocycles. The lowest BCUT2D eigenvalue weighted by Crippen LogP contribution is -2.37. The lowest BCUT2D eigenvalue weighted by molar-refractivity contribution is 0.244. The van der Waals surface area contributed by atoms with Gasteiger partial charge in [-0.3, -0.25) is 4.90 Å². The molecule has 106 valence electrons. The number of aromatic amines is 1. The summed E-state index contributed by atoms with van der Waals surface area (Å²) in [6, 6.07) is 4.41. The molecule has 1 aromatic carbocycles. The van der Waals surface area contributed by atoms with E-state index < -0.39 is 0 Å². The monoisotopic (exact) mass is 352 g/mol. The van der Waals surface area contributed by atoms with Gasteiger partial charge in [0, 0.05) is 34.2 Å². The van der Waals surface area contributed by atoms with Gasteiger partial charge in [-0.05, 0) is 53.0 Å². The predicted octanol–water partition coefficient (Wildman–Crippen LogP) is 4.63. The van der Waals surface area contributed by atoms with E-state index in [4.69, 9.17) is 11.6 Å². The van der Waals surface area contributed by atoms with Gasteiger partial charge in [0.25, 0.3) is 0 Å². The minimum absolute atomic E-state index is 0.455. The van der Waals surface area contributed by atoms with Crippen LogP contribution in [-0.4, -0.2) is 29.5 Å². The second-order valence-corrected chi connectivity index (χ2v) is 6.87. The molecule has 0 aliphatic carbocycles. The second-order valence-electron chi connectivity index (χ2n) is 5.67. The number of benzene rings is 1. The van der Waals surface area contributed by atoms with Crippen molar-refractivity contribution in [2.45, 2.75) is 19.4 Å². The van der Waals surface area contributed by atoms with Gasteiger partial charge in [-0.2, -0.15) is 0 Å². The van der Waals surface area contributed by atoms with Crippen molar-refractivity contribution in [3.8, 4) is 0 Å². The summed E-state index contributed by atoms with van der Waals surface area (Å²) >= 11 is 9.84. The van der Waals surface area contributed by atoms with Crippen molar-refractivity contribution in [3.05, 3.63) is 45.5 Å². The largest absolute Gasteiger partial charge is 0.361 e. The van der Waals surface area contributed by atoms with Gasteiger partial charge in [-0.15, -0.1) is 0 Å². The molecule has 0 fully saturated rings. The number of hydrogen-bond acceptors (Lipinski definition) is 1. The van der Waals surface area contributed by atoms with Crippen LogP contribution in [0.1, 0.15) is 12.5 Å². The zero-order valence-electron chi connectivity index (χ0n) is 11.7. The Morgan fingerprint density at radius 2 is 2.20 bits per heavy atom. The Labute approximate surface area is 132 Å². The van der Waals surface area contributed by atoms with E-state index in [0.717, 1.165) is 28.0 Å². The molecule has 2 atom stereocenters. The van der Waals surface area contributed by atoms with Crippen molar-refractivity contribution in [3.63, 3.8) is 0 Å². The average molecular weight is 354 g/mol. The van der Waals surface area contributed by atoms with Gasteiger partial charge in [-0.25, -0.2) is 0 Å². The highest BCUT2D eigenvalue weighted by Gasteiger charge is 2.20. The van der Waals surface area contributed by atoms with Crippen LogP contribution in [0.3, 0.4) is 0 Å². The Balaban J connectivity index is 1.95. The van der Waals surface area contributed by atoms with E-state index >= 15 is 0 Å². The third-order valence-corrected chi connectivity index (χ3v) is 5.42. The SMILES string of the molecule is C[C@H]1C=C[C@@H](Cc2c[nH]c3ccc(Cl)c(Br)c23)N(C)C1. The minimum Gasteiger partial charge on any atom is -0.361 e. The number of H-pyrrole nitrogens is 1. The minimum atomic E-state index is 0.455. The van der Waals surface area contributed by atoms with Crippen LogP contribution < -0.4 is 0 Å². The van der Waals surface area contributed by atoms with E-state index in [0.29, 0.717) is 12.0 Å². The molecule has 1 aromatic heterocycles. The molecule has 0 radical (unpaired) electrons. The number of fused-ring (bicyclic) bond motifs is 1. The summed E-state index contributed by atoms with van der Waals surface area (Å²) in [7, 11) is 2.20. The highest BCUT2D eigenvalue weighted by Crippen LogP contribution is 2.34. The van der Waals surface area contributed by atoms with Crippen LogP contribution in [-0.2, 0) is 6.42 Å². The second kappa shape index (κ2) is 5.55. The number of hydrogen-bond donors (Lipinski definition) is 1. The standard InChI is InChI=1S/C16H18BrClN2/c1-10-3-4-12(20(2)9-10)7-11-8-19-14-6-5-13(18)16(17)15(11)14/h3-6,8,10,12,19H,7,9H2,1-2H3/t10-,12-/m0/s1. The number of rotatable bonds is 2. The molecular formula is C16H18BrClN2. The first-order valence-corrected chi connectivity index (χ1v) is 8.06. The Hall–Kier alpha value is -0.770. The van der Waals surface area contributed by atoms with E-state index in [9.17, 15) is 0 Å². The summed E-state index contributed by atoms with van der Waals surface area (Å²) in [6.45, 7) is 3.37. The lowest BCUT2D eigenvalue weighted by Gasteiger charge is -2.31. The molecule has 4 heteroatoms. The first kappa shape index (κ1) is 14.2. The zero-order valence-corrected chi connectivity index (χ0v) is 14.0. The van der Waals surface area contributed by atoms with Crippen LogP contribution in [0, 0.1) is 5.92 Å². The number of nitrogens with one attached hydrogen (secondary N) is 1. The summed E-state index contributed by atoms with van der Waals surface area (Å²) in [6.07, 6.45) is 7.75. The van der Waals surface area contributed by atoms with Gasteiger partial charge in [0.15, 0.2) is 0 Å². The lowest BCUT2D eigenvalue weighted by atomic mass is 9.97. The van der Waals surface area contributed by atoms with Gasteiger partial charge in [0.05, 0.1) is 5.02 Å². The van der Waals surface area contributed by atoms with Crippen molar-refractivity contribution in [1.82, 2.24) is 9.88 Å². The molecule has 2 aromatic rings. The predicted molar refractivity (Wildman–Crippen MR) is 89.4 cm³/mol. The fourth-order valence-electron chi connectivity index (χ4n) is 2.95. The fourth-order valence-corrected chi connectivity index (χ4v) is 3.71. The summed E-state index contributed by atoms with van der Waals surface area (Å²) in [5, 5.41) is 1.97. The number of halogens is 2. The van der Waals surface area contributed by atoms with Crippen molar-refractivity contribution >= 4 is 38.4 Å². The topological polar surface area (TPSA) is 19.0 Å². The zero-order chi connectivity index (χ0) is 14.3. The van der Waals surface area contributed by atoms with Crippen LogP contribution >= 0.6 is 27.5 Å². The van der Waals surface area contributed by atoms with E-state index in [2.05, 4.69) is 58.1 Å². The number of aromatic nitrogens is 1. The van der Waals surface area contributed by atoms with Crippen LogP contribution in [0.25, 0.3) is 10.9 Å². The van der Waals surface area contributed by atoms with E-state index in [1.165, 1.54) is 10.9 Å². The maximum absolute atomic E-state index is 6.22. The van der Waals surface area contributed by atoms with Gasteiger partial charge < -0.3 is 4.98 Å². The summed E-state index contributed by atoms with van der Waals surface area (Å²) in [4.78, 5) is 5.76. The molecule has 0 bridgehead atoms. The van der Waals surface area contributed by atoms with Gasteiger partial charge >= 0.3 is 0 Å².